The highest BCUT2D eigenvalue weighted by Gasteiger charge is 2.20. The minimum Gasteiger partial charge on any atom is -0.486 e. The molecule has 0 radical (unpaired) electrons. The standard InChI is InChI=1S/C17H17N3O3/c1-11(2)19-17(21)16-12(10-18)5-6-20(16)13-3-4-14-15(9-13)23-8-7-22-14/h3-6,9,11H,7-8H2,1-2H3,(H,19,21). The molecule has 0 saturated heterocycles. The predicted molar refractivity (Wildman–Crippen MR) is 84.1 cm³/mol. The van der Waals surface area contributed by atoms with Crippen molar-refractivity contribution in [3.63, 3.8) is 0 Å². The first kappa shape index (κ1) is 15.0. The molecule has 6 heteroatoms. The molecule has 2 heterocycles. The van der Waals surface area contributed by atoms with Gasteiger partial charge in [-0.1, -0.05) is 0 Å². The van der Waals surface area contributed by atoms with Gasteiger partial charge in [0.05, 0.1) is 5.56 Å². The lowest BCUT2D eigenvalue weighted by Crippen LogP contribution is -2.32. The zero-order valence-electron chi connectivity index (χ0n) is 13.0. The minimum atomic E-state index is -0.281. The molecule has 1 aliphatic heterocycles. The molecule has 1 amide bonds. The number of rotatable bonds is 3. The van der Waals surface area contributed by atoms with Crippen LogP contribution in [-0.2, 0) is 0 Å². The number of carbonyl (C=O) groups excluding carboxylic acids is 1. The maximum atomic E-state index is 12.4. The van der Waals surface area contributed by atoms with Gasteiger partial charge in [0.2, 0.25) is 0 Å². The Morgan fingerprint density at radius 3 is 2.70 bits per heavy atom. The molecular weight excluding hydrogens is 294 g/mol. The van der Waals surface area contributed by atoms with E-state index in [4.69, 9.17) is 9.47 Å². The first-order valence-corrected chi connectivity index (χ1v) is 7.42. The van der Waals surface area contributed by atoms with Crippen LogP contribution in [-0.4, -0.2) is 29.7 Å². The van der Waals surface area contributed by atoms with E-state index in [2.05, 4.69) is 11.4 Å². The Balaban J connectivity index is 2.05. The monoisotopic (exact) mass is 311 g/mol. The fourth-order valence-corrected chi connectivity index (χ4v) is 2.48. The molecule has 1 aromatic carbocycles. The van der Waals surface area contributed by atoms with Crippen LogP contribution in [0.2, 0.25) is 0 Å². The lowest BCUT2D eigenvalue weighted by molar-refractivity contribution is 0.0936. The quantitative estimate of drug-likeness (QED) is 0.943. The SMILES string of the molecule is CC(C)NC(=O)c1c(C#N)ccn1-c1ccc2c(c1)OCCO2. The van der Waals surface area contributed by atoms with Gasteiger partial charge in [0, 0.05) is 24.0 Å². The molecule has 0 fully saturated rings. The van der Waals surface area contributed by atoms with Crippen LogP contribution in [0.4, 0.5) is 0 Å². The average molecular weight is 311 g/mol. The number of hydrogen-bond donors (Lipinski definition) is 1. The molecule has 0 saturated carbocycles. The molecular formula is C17H17N3O3. The maximum Gasteiger partial charge on any atom is 0.269 e. The lowest BCUT2D eigenvalue weighted by Gasteiger charge is -2.19. The van der Waals surface area contributed by atoms with Crippen molar-refractivity contribution in [2.24, 2.45) is 0 Å². The first-order chi connectivity index (χ1) is 11.1. The Morgan fingerprint density at radius 1 is 1.26 bits per heavy atom. The first-order valence-electron chi connectivity index (χ1n) is 7.42. The van der Waals surface area contributed by atoms with Gasteiger partial charge in [-0.05, 0) is 32.0 Å². The lowest BCUT2D eigenvalue weighted by atomic mass is 10.2. The van der Waals surface area contributed by atoms with Crippen molar-refractivity contribution >= 4 is 5.91 Å². The van der Waals surface area contributed by atoms with Gasteiger partial charge in [0.15, 0.2) is 11.5 Å². The van der Waals surface area contributed by atoms with E-state index in [-0.39, 0.29) is 11.9 Å². The molecule has 3 rings (SSSR count). The third-order valence-electron chi connectivity index (χ3n) is 3.45. The molecule has 1 aliphatic rings. The second-order valence-corrected chi connectivity index (χ2v) is 5.52. The van der Waals surface area contributed by atoms with E-state index in [1.54, 1.807) is 22.9 Å². The van der Waals surface area contributed by atoms with Crippen LogP contribution in [0.5, 0.6) is 11.5 Å². The van der Waals surface area contributed by atoms with Crippen LogP contribution in [0.25, 0.3) is 5.69 Å². The molecule has 118 valence electrons. The largest absolute Gasteiger partial charge is 0.486 e. The van der Waals surface area contributed by atoms with Gasteiger partial charge in [0.25, 0.3) is 5.91 Å². The fourth-order valence-electron chi connectivity index (χ4n) is 2.48. The van der Waals surface area contributed by atoms with E-state index < -0.39 is 0 Å². The Kier molecular flexibility index (Phi) is 3.94. The Bertz CT molecular complexity index is 787. The van der Waals surface area contributed by atoms with Crippen LogP contribution >= 0.6 is 0 Å². The molecule has 2 aromatic rings. The topological polar surface area (TPSA) is 76.3 Å². The Labute approximate surface area is 134 Å². The van der Waals surface area contributed by atoms with Crippen LogP contribution in [0.15, 0.2) is 30.5 Å². The van der Waals surface area contributed by atoms with Crippen molar-refractivity contribution in [1.82, 2.24) is 9.88 Å². The summed E-state index contributed by atoms with van der Waals surface area (Å²) in [4.78, 5) is 12.4. The number of nitriles is 1. The average Bonchev–Trinajstić information content (AvgIpc) is 2.98. The second-order valence-electron chi connectivity index (χ2n) is 5.52. The second kappa shape index (κ2) is 6.05. The van der Waals surface area contributed by atoms with Gasteiger partial charge in [-0.25, -0.2) is 0 Å². The van der Waals surface area contributed by atoms with Gasteiger partial charge >= 0.3 is 0 Å². The predicted octanol–water partition coefficient (Wildman–Crippen LogP) is 2.26. The number of hydrogen-bond acceptors (Lipinski definition) is 4. The number of nitrogens with zero attached hydrogens (tertiary/aromatic N) is 2. The molecule has 0 spiro atoms. The highest BCUT2D eigenvalue weighted by molar-refractivity contribution is 5.96. The summed E-state index contributed by atoms with van der Waals surface area (Å²) in [6.45, 7) is 4.77. The van der Waals surface area contributed by atoms with Crippen molar-refractivity contribution in [3.8, 4) is 23.3 Å². The van der Waals surface area contributed by atoms with Crippen molar-refractivity contribution in [2.45, 2.75) is 19.9 Å². The highest BCUT2D eigenvalue weighted by atomic mass is 16.6. The van der Waals surface area contributed by atoms with Gasteiger partial charge in [-0.3, -0.25) is 4.79 Å². The summed E-state index contributed by atoms with van der Waals surface area (Å²) in [5.41, 5.74) is 1.39. The molecule has 1 N–H and O–H groups in total. The normalized spacial score (nSPS) is 12.8. The number of nitrogens with one attached hydrogen (secondary N) is 1. The van der Waals surface area contributed by atoms with Crippen molar-refractivity contribution in [1.29, 1.82) is 5.26 Å². The minimum absolute atomic E-state index is 0.0161. The Morgan fingerprint density at radius 2 is 2.00 bits per heavy atom. The molecule has 6 nitrogen and oxygen atoms in total. The molecule has 0 bridgehead atoms. The smallest absolute Gasteiger partial charge is 0.269 e. The van der Waals surface area contributed by atoms with Gasteiger partial charge in [0.1, 0.15) is 25.0 Å². The number of fused-ring (bicyclic) bond motifs is 1. The zero-order valence-corrected chi connectivity index (χ0v) is 13.0. The van der Waals surface area contributed by atoms with E-state index in [1.807, 2.05) is 26.0 Å². The summed E-state index contributed by atoms with van der Waals surface area (Å²) in [5.74, 6) is 1.04. The zero-order chi connectivity index (χ0) is 16.4. The Hall–Kier alpha value is -2.94. The van der Waals surface area contributed by atoms with Crippen molar-refractivity contribution < 1.29 is 14.3 Å². The summed E-state index contributed by atoms with van der Waals surface area (Å²) < 4.78 is 12.8. The third-order valence-corrected chi connectivity index (χ3v) is 3.45. The van der Waals surface area contributed by atoms with Crippen LogP contribution in [0, 0.1) is 11.3 Å². The summed E-state index contributed by atoms with van der Waals surface area (Å²) in [6, 6.07) is 9.13. The van der Waals surface area contributed by atoms with E-state index >= 15 is 0 Å². The number of ether oxygens (including phenoxy) is 2. The molecule has 0 aliphatic carbocycles. The van der Waals surface area contributed by atoms with E-state index in [0.717, 1.165) is 5.69 Å². The number of carbonyl (C=O) groups is 1. The summed E-state index contributed by atoms with van der Waals surface area (Å²) >= 11 is 0. The van der Waals surface area contributed by atoms with Crippen molar-refractivity contribution in [2.75, 3.05) is 13.2 Å². The summed E-state index contributed by atoms with van der Waals surface area (Å²) in [5, 5.41) is 12.1. The summed E-state index contributed by atoms with van der Waals surface area (Å²) in [6.07, 6.45) is 1.71. The van der Waals surface area contributed by atoms with Gasteiger partial charge in [-0.15, -0.1) is 0 Å². The van der Waals surface area contributed by atoms with Gasteiger partial charge in [-0.2, -0.15) is 5.26 Å². The maximum absolute atomic E-state index is 12.4. The van der Waals surface area contributed by atoms with Crippen LogP contribution < -0.4 is 14.8 Å². The molecule has 1 aromatic heterocycles. The highest BCUT2D eigenvalue weighted by Crippen LogP contribution is 2.32. The number of amides is 1. The van der Waals surface area contributed by atoms with Gasteiger partial charge < -0.3 is 19.4 Å². The molecule has 0 atom stereocenters. The van der Waals surface area contributed by atoms with Crippen LogP contribution in [0.1, 0.15) is 29.9 Å². The van der Waals surface area contributed by atoms with E-state index in [9.17, 15) is 10.1 Å². The summed E-state index contributed by atoms with van der Waals surface area (Å²) in [7, 11) is 0. The van der Waals surface area contributed by atoms with Crippen LogP contribution in [0.3, 0.4) is 0 Å². The van der Waals surface area contributed by atoms with E-state index in [0.29, 0.717) is 36.0 Å². The van der Waals surface area contributed by atoms with E-state index in [1.165, 1.54) is 0 Å². The molecule has 0 unspecified atom stereocenters. The number of aromatic nitrogens is 1. The number of benzene rings is 1. The molecule has 23 heavy (non-hydrogen) atoms. The third kappa shape index (κ3) is 2.86. The van der Waals surface area contributed by atoms with Crippen molar-refractivity contribution in [3.05, 3.63) is 41.7 Å². The fraction of sp³-hybridized carbons (Fsp3) is 0.294.